The van der Waals surface area contributed by atoms with Gasteiger partial charge in [-0.15, -0.1) is 0 Å². The molecule has 1 aliphatic heterocycles. The molecule has 0 aromatic heterocycles. The third-order valence-corrected chi connectivity index (χ3v) is 6.05. The minimum absolute atomic E-state index is 0.00788. The summed E-state index contributed by atoms with van der Waals surface area (Å²) in [6, 6.07) is 5.66. The van der Waals surface area contributed by atoms with Crippen LogP contribution in [0.5, 0.6) is 5.75 Å². The number of phenolic OH excluding ortho intramolecular Hbond substituents is 1. The molecule has 2 amide bonds. The van der Waals surface area contributed by atoms with Crippen LogP contribution in [0.1, 0.15) is 35.7 Å². The second-order valence-electron chi connectivity index (χ2n) is 8.67. The molecule has 35 heavy (non-hydrogen) atoms. The van der Waals surface area contributed by atoms with E-state index in [0.717, 1.165) is 5.56 Å². The Labute approximate surface area is 201 Å². The van der Waals surface area contributed by atoms with E-state index in [2.05, 4.69) is 15.5 Å². The van der Waals surface area contributed by atoms with Crippen LogP contribution in [0.25, 0.3) is 0 Å². The molecule has 188 valence electrons. The molecule has 1 fully saturated rings. The van der Waals surface area contributed by atoms with Gasteiger partial charge in [-0.05, 0) is 55.6 Å². The second kappa shape index (κ2) is 11.2. The van der Waals surface area contributed by atoms with E-state index in [9.17, 15) is 28.3 Å². The van der Waals surface area contributed by atoms with Crippen molar-refractivity contribution in [3.05, 3.63) is 53.1 Å². The fourth-order valence-electron chi connectivity index (χ4n) is 4.10. The number of nitrogens with zero attached hydrogens (tertiary/aromatic N) is 1. The van der Waals surface area contributed by atoms with Crippen molar-refractivity contribution in [1.29, 1.82) is 0 Å². The molecule has 2 aromatic carbocycles. The summed E-state index contributed by atoms with van der Waals surface area (Å²) in [5.74, 6) is -3.88. The van der Waals surface area contributed by atoms with Crippen LogP contribution in [0.15, 0.2) is 30.3 Å². The number of nitrogens with one attached hydrogen (secondary N) is 2. The zero-order chi connectivity index (χ0) is 25.7. The molecule has 1 atom stereocenters. The van der Waals surface area contributed by atoms with Crippen molar-refractivity contribution >= 4 is 29.0 Å². The lowest BCUT2D eigenvalue weighted by atomic mass is 9.87. The Morgan fingerprint density at radius 3 is 2.46 bits per heavy atom. The van der Waals surface area contributed by atoms with Gasteiger partial charge in [0.25, 0.3) is 5.91 Å². The number of rotatable bonds is 8. The Hall–Kier alpha value is -3.57. The first-order valence-electron chi connectivity index (χ1n) is 11.2. The minimum atomic E-state index is -1.21. The van der Waals surface area contributed by atoms with Crippen LogP contribution >= 0.6 is 0 Å². The number of carbonyl (C=O) groups excluding carboxylic acids is 3. The number of ketones is 1. The molecule has 1 aliphatic rings. The lowest BCUT2D eigenvalue weighted by molar-refractivity contribution is -0.121. The van der Waals surface area contributed by atoms with Gasteiger partial charge in [0.15, 0.2) is 17.4 Å². The molecule has 0 saturated carbocycles. The van der Waals surface area contributed by atoms with Crippen LogP contribution in [0.3, 0.4) is 0 Å². The summed E-state index contributed by atoms with van der Waals surface area (Å²) in [4.78, 5) is 38.2. The predicted octanol–water partition coefficient (Wildman–Crippen LogP) is 1.75. The van der Waals surface area contributed by atoms with Crippen molar-refractivity contribution in [3.8, 4) is 5.75 Å². The van der Waals surface area contributed by atoms with Gasteiger partial charge >= 0.3 is 0 Å². The molecule has 0 radical (unpaired) electrons. The molecule has 1 unspecified atom stereocenters. The molecule has 0 bridgehead atoms. The maximum atomic E-state index is 13.4. The molecule has 9 nitrogen and oxygen atoms in total. The third-order valence-electron chi connectivity index (χ3n) is 6.05. The van der Waals surface area contributed by atoms with E-state index in [1.54, 1.807) is 12.1 Å². The van der Waals surface area contributed by atoms with Gasteiger partial charge in [0.2, 0.25) is 5.91 Å². The number of amides is 2. The van der Waals surface area contributed by atoms with E-state index < -0.39 is 23.6 Å². The monoisotopic (exact) mass is 489 g/mol. The number of anilines is 2. The normalized spacial score (nSPS) is 15.4. The Balaban J connectivity index is 1.49. The van der Waals surface area contributed by atoms with Crippen molar-refractivity contribution in [3.63, 3.8) is 0 Å². The van der Waals surface area contributed by atoms with E-state index >= 15 is 0 Å². The number of hydrogen-bond acceptors (Lipinski definition) is 7. The highest BCUT2D eigenvalue weighted by Gasteiger charge is 2.29. The maximum Gasteiger partial charge on any atom is 0.253 e. The van der Waals surface area contributed by atoms with Crippen LogP contribution in [0, 0.1) is 17.6 Å². The fraction of sp³-hybridized carbons (Fsp3) is 0.375. The van der Waals surface area contributed by atoms with Gasteiger partial charge in [-0.3, -0.25) is 19.3 Å². The predicted molar refractivity (Wildman–Crippen MR) is 126 cm³/mol. The van der Waals surface area contributed by atoms with Gasteiger partial charge in [-0.2, -0.15) is 0 Å². The van der Waals surface area contributed by atoms with Crippen LogP contribution in [0.2, 0.25) is 0 Å². The summed E-state index contributed by atoms with van der Waals surface area (Å²) >= 11 is 0. The van der Waals surface area contributed by atoms with E-state index in [4.69, 9.17) is 11.5 Å². The second-order valence-corrected chi connectivity index (χ2v) is 8.67. The van der Waals surface area contributed by atoms with E-state index in [-0.39, 0.29) is 41.2 Å². The summed E-state index contributed by atoms with van der Waals surface area (Å²) in [6.07, 6.45) is 1.35. The summed E-state index contributed by atoms with van der Waals surface area (Å²) in [5, 5.41) is 14.8. The number of benzene rings is 2. The highest BCUT2D eigenvalue weighted by molar-refractivity contribution is 6.01. The zero-order valence-electron chi connectivity index (χ0n) is 19.3. The van der Waals surface area contributed by atoms with Gasteiger partial charge in [-0.25, -0.2) is 8.78 Å². The van der Waals surface area contributed by atoms with Gasteiger partial charge in [0.1, 0.15) is 5.75 Å². The number of nitrogen functional groups attached to an aromatic ring is 1. The Morgan fingerprint density at radius 1 is 1.14 bits per heavy atom. The average molecular weight is 490 g/mol. The van der Waals surface area contributed by atoms with Gasteiger partial charge in [0.05, 0.1) is 23.8 Å². The number of carbonyl (C=O) groups is 3. The quantitative estimate of drug-likeness (QED) is 0.280. The third kappa shape index (κ3) is 6.74. The molecule has 3 rings (SSSR count). The average Bonchev–Trinajstić information content (AvgIpc) is 2.81. The lowest BCUT2D eigenvalue weighted by Crippen LogP contribution is -2.47. The molecule has 0 aliphatic carbocycles. The standard InChI is InChI=1S/C24H29F2N5O4/c1-13(32)30-20-8-14(2-3-21(20)33)12-31-6-4-15(5-7-31)23(28)22(34)11-29-24(35)16-9-17(25)18(26)10-19(16)27/h2-3,8-10,15,23,33H,4-7,11-12,27-28H2,1H3,(H,29,35)(H,30,32). The van der Waals surface area contributed by atoms with Crippen LogP contribution in [-0.2, 0) is 16.1 Å². The number of halogens is 2. The highest BCUT2D eigenvalue weighted by atomic mass is 19.2. The van der Waals surface area contributed by atoms with Crippen molar-refractivity contribution in [2.45, 2.75) is 32.4 Å². The van der Waals surface area contributed by atoms with Crippen molar-refractivity contribution in [1.82, 2.24) is 10.2 Å². The smallest absolute Gasteiger partial charge is 0.253 e. The van der Waals surface area contributed by atoms with Crippen LogP contribution < -0.4 is 22.1 Å². The van der Waals surface area contributed by atoms with Crippen LogP contribution in [-0.4, -0.2) is 53.3 Å². The van der Waals surface area contributed by atoms with E-state index in [1.807, 2.05) is 0 Å². The first-order valence-corrected chi connectivity index (χ1v) is 11.2. The number of aromatic hydroxyl groups is 1. The van der Waals surface area contributed by atoms with E-state index in [1.165, 1.54) is 13.0 Å². The first-order chi connectivity index (χ1) is 16.5. The zero-order valence-corrected chi connectivity index (χ0v) is 19.3. The highest BCUT2D eigenvalue weighted by Crippen LogP contribution is 2.27. The Kier molecular flexibility index (Phi) is 8.36. The van der Waals surface area contributed by atoms with Gasteiger partial charge in [-0.1, -0.05) is 6.07 Å². The minimum Gasteiger partial charge on any atom is -0.506 e. The molecule has 1 heterocycles. The largest absolute Gasteiger partial charge is 0.506 e. The number of Topliss-reactive ketones (excluding diaryl/α,β-unsaturated/α-hetero) is 1. The van der Waals surface area contributed by atoms with Crippen molar-refractivity contribution in [2.24, 2.45) is 11.7 Å². The van der Waals surface area contributed by atoms with Crippen LogP contribution in [0.4, 0.5) is 20.2 Å². The van der Waals surface area contributed by atoms with Crippen molar-refractivity contribution < 1.29 is 28.3 Å². The molecule has 0 spiro atoms. The number of hydrogen-bond donors (Lipinski definition) is 5. The summed E-state index contributed by atoms with van der Waals surface area (Å²) in [7, 11) is 0. The Bertz CT molecular complexity index is 1120. The molecule has 11 heteroatoms. The number of likely N-dealkylation sites (tertiary alicyclic amines) is 1. The molecular weight excluding hydrogens is 460 g/mol. The summed E-state index contributed by atoms with van der Waals surface area (Å²) in [5.41, 5.74) is 12.5. The summed E-state index contributed by atoms with van der Waals surface area (Å²) in [6.45, 7) is 3.01. The number of nitrogens with two attached hydrogens (primary N) is 2. The fourth-order valence-corrected chi connectivity index (χ4v) is 4.10. The summed E-state index contributed by atoms with van der Waals surface area (Å²) < 4.78 is 26.6. The van der Waals surface area contributed by atoms with Crippen molar-refractivity contribution in [2.75, 3.05) is 30.7 Å². The molecule has 2 aromatic rings. The first kappa shape index (κ1) is 26.0. The SMILES string of the molecule is CC(=O)Nc1cc(CN2CCC(C(N)C(=O)CNC(=O)c3cc(F)c(F)cc3N)CC2)ccc1O. The number of phenols is 1. The molecular formula is C24H29F2N5O4. The topological polar surface area (TPSA) is 151 Å². The maximum absolute atomic E-state index is 13.4. The lowest BCUT2D eigenvalue weighted by Gasteiger charge is -2.34. The molecule has 7 N–H and O–H groups in total. The Morgan fingerprint density at radius 2 is 1.80 bits per heavy atom. The van der Waals surface area contributed by atoms with Gasteiger partial charge < -0.3 is 27.2 Å². The van der Waals surface area contributed by atoms with Gasteiger partial charge in [0, 0.05) is 25.2 Å². The number of piperidine rings is 1. The van der Waals surface area contributed by atoms with E-state index in [0.29, 0.717) is 50.3 Å². The molecule has 1 saturated heterocycles.